The van der Waals surface area contributed by atoms with Crippen LogP contribution in [0, 0.1) is 13.8 Å². The number of nitrogens with zero attached hydrogens (tertiary/aromatic N) is 3. The summed E-state index contributed by atoms with van der Waals surface area (Å²) in [4.78, 5) is 34.6. The van der Waals surface area contributed by atoms with E-state index in [4.69, 9.17) is 0 Å². The molecule has 0 aliphatic carbocycles. The van der Waals surface area contributed by atoms with Gasteiger partial charge in [0.1, 0.15) is 11.4 Å². The Morgan fingerprint density at radius 3 is 2.17 bits per heavy atom. The van der Waals surface area contributed by atoms with Gasteiger partial charge in [-0.1, -0.05) is 12.1 Å². The highest BCUT2D eigenvalue weighted by Crippen LogP contribution is 2.06. The summed E-state index contributed by atoms with van der Waals surface area (Å²) in [5.41, 5.74) is 2.35. The Balaban J connectivity index is 1.95. The molecule has 0 bridgehead atoms. The number of likely N-dealkylation sites (N-methyl/N-ethyl adjacent to an activating group) is 1. The number of hydrogen-bond donors (Lipinski definition) is 1. The molecule has 6 nitrogen and oxygen atoms in total. The molecule has 6 heteroatoms. The van der Waals surface area contributed by atoms with Crippen molar-refractivity contribution in [3.63, 3.8) is 0 Å². The van der Waals surface area contributed by atoms with Gasteiger partial charge >= 0.3 is 0 Å². The molecule has 2 heterocycles. The molecule has 0 saturated carbocycles. The Bertz CT molecular complexity index is 745. The van der Waals surface area contributed by atoms with E-state index in [2.05, 4.69) is 15.3 Å². The lowest BCUT2D eigenvalue weighted by Crippen LogP contribution is -2.43. The second-order valence-electron chi connectivity index (χ2n) is 5.80. The molecule has 2 aromatic heterocycles. The van der Waals surface area contributed by atoms with Crippen LogP contribution in [-0.4, -0.2) is 46.3 Å². The molecule has 2 rings (SSSR count). The highest BCUT2D eigenvalue weighted by atomic mass is 16.2. The van der Waals surface area contributed by atoms with Crippen molar-refractivity contribution in [2.75, 3.05) is 13.6 Å². The molecular formula is C18H22N4O2. The number of carbonyl (C=O) groups excluding carboxylic acids is 2. The van der Waals surface area contributed by atoms with E-state index in [1.54, 1.807) is 36.2 Å². The van der Waals surface area contributed by atoms with Gasteiger partial charge in [-0.3, -0.25) is 9.59 Å². The van der Waals surface area contributed by atoms with E-state index in [0.717, 1.165) is 11.4 Å². The first-order chi connectivity index (χ1) is 11.4. The van der Waals surface area contributed by atoms with E-state index in [1.807, 2.05) is 32.9 Å². The number of nitrogens with one attached hydrogen (secondary N) is 1. The fraction of sp³-hybridized carbons (Fsp3) is 0.333. The third kappa shape index (κ3) is 4.38. The molecule has 0 fully saturated rings. The molecule has 2 amide bonds. The van der Waals surface area contributed by atoms with E-state index in [-0.39, 0.29) is 17.9 Å². The van der Waals surface area contributed by atoms with E-state index in [1.165, 1.54) is 0 Å². The number of pyridine rings is 2. The molecule has 0 radical (unpaired) electrons. The van der Waals surface area contributed by atoms with E-state index >= 15 is 0 Å². The molecule has 126 valence electrons. The van der Waals surface area contributed by atoms with Crippen LogP contribution in [0.4, 0.5) is 0 Å². The van der Waals surface area contributed by atoms with Crippen molar-refractivity contribution in [2.45, 2.75) is 26.8 Å². The van der Waals surface area contributed by atoms with Crippen molar-refractivity contribution in [3.8, 4) is 0 Å². The Hall–Kier alpha value is -2.76. The van der Waals surface area contributed by atoms with E-state index < -0.39 is 0 Å². The fourth-order valence-electron chi connectivity index (χ4n) is 2.18. The van der Waals surface area contributed by atoms with Crippen LogP contribution in [0.15, 0.2) is 36.4 Å². The largest absolute Gasteiger partial charge is 0.349 e. The van der Waals surface area contributed by atoms with Crippen LogP contribution in [0.2, 0.25) is 0 Å². The molecule has 1 atom stereocenters. The van der Waals surface area contributed by atoms with Gasteiger partial charge in [0.05, 0.1) is 0 Å². The van der Waals surface area contributed by atoms with E-state index in [0.29, 0.717) is 17.9 Å². The summed E-state index contributed by atoms with van der Waals surface area (Å²) in [6.07, 6.45) is 0. The van der Waals surface area contributed by atoms with Crippen molar-refractivity contribution in [2.24, 2.45) is 0 Å². The lowest BCUT2D eigenvalue weighted by atomic mass is 10.2. The molecule has 1 N–H and O–H groups in total. The van der Waals surface area contributed by atoms with Crippen LogP contribution in [-0.2, 0) is 0 Å². The molecule has 0 aromatic carbocycles. The Labute approximate surface area is 141 Å². The molecule has 0 aliphatic rings. The molecule has 2 aromatic rings. The van der Waals surface area contributed by atoms with Crippen molar-refractivity contribution in [3.05, 3.63) is 59.2 Å². The third-order valence-corrected chi connectivity index (χ3v) is 3.77. The number of amides is 2. The van der Waals surface area contributed by atoms with Crippen LogP contribution < -0.4 is 5.32 Å². The fourth-order valence-corrected chi connectivity index (χ4v) is 2.18. The van der Waals surface area contributed by atoms with Crippen molar-refractivity contribution < 1.29 is 9.59 Å². The minimum absolute atomic E-state index is 0.172. The van der Waals surface area contributed by atoms with Crippen LogP contribution in [0.5, 0.6) is 0 Å². The van der Waals surface area contributed by atoms with Gasteiger partial charge in [-0.15, -0.1) is 0 Å². The summed E-state index contributed by atoms with van der Waals surface area (Å²) in [7, 11) is 1.70. The number of rotatable bonds is 5. The van der Waals surface area contributed by atoms with Gasteiger partial charge in [-0.25, -0.2) is 9.97 Å². The van der Waals surface area contributed by atoms with Gasteiger partial charge in [0.2, 0.25) is 0 Å². The predicted octanol–water partition coefficient (Wildman–Crippen LogP) is 1.98. The topological polar surface area (TPSA) is 75.2 Å². The zero-order valence-corrected chi connectivity index (χ0v) is 14.4. The third-order valence-electron chi connectivity index (χ3n) is 3.77. The van der Waals surface area contributed by atoms with Gasteiger partial charge in [0.25, 0.3) is 11.8 Å². The standard InChI is InChI=1S/C18H22N4O2/c1-12-7-5-9-15(20-12)17(23)19-11-14(3)22(4)18(24)16-10-6-8-13(2)21-16/h5-10,14H,11H2,1-4H3,(H,19,23). The molecule has 0 spiro atoms. The monoisotopic (exact) mass is 326 g/mol. The average molecular weight is 326 g/mol. The predicted molar refractivity (Wildman–Crippen MR) is 91.8 cm³/mol. The summed E-state index contributed by atoms with van der Waals surface area (Å²) < 4.78 is 0. The number of carbonyl (C=O) groups is 2. The van der Waals surface area contributed by atoms with Gasteiger partial charge in [-0.2, -0.15) is 0 Å². The lowest BCUT2D eigenvalue weighted by Gasteiger charge is -2.25. The first kappa shape index (κ1) is 17.6. The zero-order valence-electron chi connectivity index (χ0n) is 14.4. The summed E-state index contributed by atoms with van der Waals surface area (Å²) >= 11 is 0. The summed E-state index contributed by atoms with van der Waals surface area (Å²) in [6, 6.07) is 10.5. The quantitative estimate of drug-likeness (QED) is 0.912. The van der Waals surface area contributed by atoms with Crippen LogP contribution >= 0.6 is 0 Å². The lowest BCUT2D eigenvalue weighted by molar-refractivity contribution is 0.0725. The highest BCUT2D eigenvalue weighted by molar-refractivity contribution is 5.93. The van der Waals surface area contributed by atoms with E-state index in [9.17, 15) is 9.59 Å². The Morgan fingerprint density at radius 2 is 1.58 bits per heavy atom. The highest BCUT2D eigenvalue weighted by Gasteiger charge is 2.19. The maximum atomic E-state index is 12.4. The maximum absolute atomic E-state index is 12.4. The molecule has 1 unspecified atom stereocenters. The molecule has 0 saturated heterocycles. The van der Waals surface area contributed by atoms with Gasteiger partial charge in [-0.05, 0) is 45.0 Å². The van der Waals surface area contributed by atoms with Crippen molar-refractivity contribution in [1.29, 1.82) is 0 Å². The van der Waals surface area contributed by atoms with Gasteiger partial charge < -0.3 is 10.2 Å². The van der Waals surface area contributed by atoms with Crippen LogP contribution in [0.25, 0.3) is 0 Å². The van der Waals surface area contributed by atoms with Crippen LogP contribution in [0.3, 0.4) is 0 Å². The molecule has 24 heavy (non-hydrogen) atoms. The summed E-state index contributed by atoms with van der Waals surface area (Å²) in [6.45, 7) is 5.89. The summed E-state index contributed by atoms with van der Waals surface area (Å²) in [5.74, 6) is -0.422. The second kappa shape index (κ2) is 7.68. The number of aryl methyl sites for hydroxylation is 2. The number of hydrogen-bond acceptors (Lipinski definition) is 4. The minimum Gasteiger partial charge on any atom is -0.349 e. The first-order valence-corrected chi connectivity index (χ1v) is 7.81. The van der Waals surface area contributed by atoms with Crippen LogP contribution in [0.1, 0.15) is 39.3 Å². The molecular weight excluding hydrogens is 304 g/mol. The van der Waals surface area contributed by atoms with Crippen molar-refractivity contribution in [1.82, 2.24) is 20.2 Å². The SMILES string of the molecule is Cc1cccc(C(=O)NCC(C)N(C)C(=O)c2cccc(C)n2)n1. The van der Waals surface area contributed by atoms with Gasteiger partial charge in [0, 0.05) is 31.0 Å². The maximum Gasteiger partial charge on any atom is 0.272 e. The normalized spacial score (nSPS) is 11.7. The first-order valence-electron chi connectivity index (χ1n) is 7.81. The van der Waals surface area contributed by atoms with Gasteiger partial charge in [0.15, 0.2) is 0 Å². The smallest absolute Gasteiger partial charge is 0.272 e. The van der Waals surface area contributed by atoms with Crippen molar-refractivity contribution >= 4 is 11.8 Å². The average Bonchev–Trinajstić information content (AvgIpc) is 2.58. The Morgan fingerprint density at radius 1 is 1.04 bits per heavy atom. The minimum atomic E-state index is -0.250. The summed E-state index contributed by atoms with van der Waals surface area (Å²) in [5, 5.41) is 2.81. The Kier molecular flexibility index (Phi) is 5.63. The molecule has 0 aliphatic heterocycles. The second-order valence-corrected chi connectivity index (χ2v) is 5.80. The zero-order chi connectivity index (χ0) is 17.7. The number of aromatic nitrogens is 2.